The van der Waals surface area contributed by atoms with Crippen molar-refractivity contribution in [3.05, 3.63) is 23.5 Å². The molecule has 0 aromatic carbocycles. The number of hydrogen-bond donors (Lipinski definition) is 2. The molecule has 19 heavy (non-hydrogen) atoms. The van der Waals surface area contributed by atoms with Gasteiger partial charge in [-0.05, 0) is 13.0 Å². The van der Waals surface area contributed by atoms with Crippen LogP contribution in [0.15, 0.2) is 12.3 Å². The number of carboxylic acids is 1. The van der Waals surface area contributed by atoms with Crippen molar-refractivity contribution in [1.29, 1.82) is 0 Å². The van der Waals surface area contributed by atoms with E-state index in [1.807, 2.05) is 0 Å². The van der Waals surface area contributed by atoms with Crippen molar-refractivity contribution in [3.63, 3.8) is 0 Å². The Bertz CT molecular complexity index is 554. The molecule has 7 heteroatoms. The second-order valence-electron chi connectivity index (χ2n) is 4.61. The maximum atomic E-state index is 13.8. The van der Waals surface area contributed by atoms with Gasteiger partial charge in [-0.15, -0.1) is 0 Å². The fraction of sp³-hybridized carbons (Fsp3) is 0.417. The third-order valence-corrected chi connectivity index (χ3v) is 3.21. The summed E-state index contributed by atoms with van der Waals surface area (Å²) in [6, 6.07) is 1.38. The minimum Gasteiger partial charge on any atom is -0.479 e. The topological polar surface area (TPSA) is 90.5 Å². The molecule has 1 unspecified atom stereocenters. The van der Waals surface area contributed by atoms with Crippen LogP contribution in [0.25, 0.3) is 0 Å². The lowest BCUT2D eigenvalue weighted by molar-refractivity contribution is -0.149. The number of halogens is 1. The standard InChI is InChI=1S/C12H13FN2O4/c1-7(16)8-4-9(14-5-8)10(17)15-3-2-12(13,6-15)11(18)19/h4-5,14H,2-3,6H2,1H3,(H,18,19). The maximum Gasteiger partial charge on any atom is 0.343 e. The van der Waals surface area contributed by atoms with Gasteiger partial charge in [-0.25, -0.2) is 9.18 Å². The van der Waals surface area contributed by atoms with Crippen LogP contribution in [0.4, 0.5) is 4.39 Å². The molecule has 1 amide bonds. The predicted molar refractivity (Wildman–Crippen MR) is 62.8 cm³/mol. The number of aliphatic carboxylic acids is 1. The zero-order valence-electron chi connectivity index (χ0n) is 10.3. The number of Topliss-reactive ketones (excluding diaryl/α,β-unsaturated/α-hetero) is 1. The first-order chi connectivity index (χ1) is 8.83. The van der Waals surface area contributed by atoms with Gasteiger partial charge in [0, 0.05) is 24.7 Å². The van der Waals surface area contributed by atoms with Crippen molar-refractivity contribution in [1.82, 2.24) is 9.88 Å². The molecule has 1 aromatic heterocycles. The molecule has 6 nitrogen and oxygen atoms in total. The summed E-state index contributed by atoms with van der Waals surface area (Å²) in [5.74, 6) is -2.26. The number of nitrogens with one attached hydrogen (secondary N) is 1. The molecule has 2 heterocycles. The number of likely N-dealkylation sites (tertiary alicyclic amines) is 1. The first kappa shape index (κ1) is 13.3. The molecule has 0 aliphatic carbocycles. The van der Waals surface area contributed by atoms with E-state index in [2.05, 4.69) is 4.98 Å². The van der Waals surface area contributed by atoms with Gasteiger partial charge in [-0.1, -0.05) is 0 Å². The fourth-order valence-corrected chi connectivity index (χ4v) is 2.01. The Kier molecular flexibility index (Phi) is 3.13. The van der Waals surface area contributed by atoms with Crippen LogP contribution < -0.4 is 0 Å². The Morgan fingerprint density at radius 3 is 2.63 bits per heavy atom. The van der Waals surface area contributed by atoms with Crippen molar-refractivity contribution >= 4 is 17.7 Å². The number of carbonyl (C=O) groups excluding carboxylic acids is 2. The second-order valence-corrected chi connectivity index (χ2v) is 4.61. The molecule has 2 N–H and O–H groups in total. The zero-order chi connectivity index (χ0) is 14.2. The Balaban J connectivity index is 2.13. The number of nitrogens with zero attached hydrogens (tertiary/aromatic N) is 1. The third kappa shape index (κ3) is 2.35. The molecule has 2 rings (SSSR count). The van der Waals surface area contributed by atoms with E-state index in [4.69, 9.17) is 5.11 Å². The van der Waals surface area contributed by atoms with Crippen LogP contribution >= 0.6 is 0 Å². The van der Waals surface area contributed by atoms with E-state index in [0.29, 0.717) is 5.56 Å². The van der Waals surface area contributed by atoms with Gasteiger partial charge in [0.05, 0.1) is 6.54 Å². The first-order valence-electron chi connectivity index (χ1n) is 5.74. The molecule has 1 aliphatic rings. The number of aromatic amines is 1. The summed E-state index contributed by atoms with van der Waals surface area (Å²) in [4.78, 5) is 37.7. The van der Waals surface area contributed by atoms with Gasteiger partial charge in [-0.2, -0.15) is 0 Å². The Morgan fingerprint density at radius 1 is 1.47 bits per heavy atom. The number of alkyl halides is 1. The number of amides is 1. The SMILES string of the molecule is CC(=O)c1c[nH]c(C(=O)N2CCC(F)(C(=O)O)C2)c1. The van der Waals surface area contributed by atoms with Gasteiger partial charge >= 0.3 is 5.97 Å². The third-order valence-electron chi connectivity index (χ3n) is 3.21. The monoisotopic (exact) mass is 268 g/mol. The zero-order valence-corrected chi connectivity index (χ0v) is 10.3. The predicted octanol–water partition coefficient (Wildman–Crippen LogP) is 0.856. The number of H-pyrrole nitrogens is 1. The summed E-state index contributed by atoms with van der Waals surface area (Å²) < 4.78 is 13.8. The largest absolute Gasteiger partial charge is 0.479 e. The number of carbonyl (C=O) groups is 3. The number of rotatable bonds is 3. The number of hydrogen-bond acceptors (Lipinski definition) is 3. The van der Waals surface area contributed by atoms with E-state index in [1.165, 1.54) is 19.2 Å². The van der Waals surface area contributed by atoms with Gasteiger partial charge in [0.2, 0.25) is 5.67 Å². The van der Waals surface area contributed by atoms with Crippen LogP contribution in [-0.2, 0) is 4.79 Å². The van der Waals surface area contributed by atoms with E-state index < -0.39 is 24.1 Å². The molecule has 1 aromatic rings. The lowest BCUT2D eigenvalue weighted by Crippen LogP contribution is -2.39. The van der Waals surface area contributed by atoms with Crippen LogP contribution in [-0.4, -0.2) is 51.4 Å². The summed E-state index contributed by atoms with van der Waals surface area (Å²) in [7, 11) is 0. The van der Waals surface area contributed by atoms with E-state index in [9.17, 15) is 18.8 Å². The molecule has 0 bridgehead atoms. The number of aromatic nitrogens is 1. The fourth-order valence-electron chi connectivity index (χ4n) is 2.01. The van der Waals surface area contributed by atoms with Crippen molar-refractivity contribution in [2.24, 2.45) is 0 Å². The normalized spacial score (nSPS) is 22.5. The van der Waals surface area contributed by atoms with Gasteiger partial charge in [0.25, 0.3) is 5.91 Å². The minimum atomic E-state index is -2.38. The number of carboxylic acid groups (broad SMARTS) is 1. The first-order valence-corrected chi connectivity index (χ1v) is 5.74. The molecule has 0 saturated carbocycles. The molecule has 1 aliphatic heterocycles. The molecule has 1 saturated heterocycles. The van der Waals surface area contributed by atoms with E-state index in [0.717, 1.165) is 4.90 Å². The average Bonchev–Trinajstić information content (AvgIpc) is 2.95. The molecular formula is C12H13FN2O4. The molecule has 0 spiro atoms. The van der Waals surface area contributed by atoms with Gasteiger partial charge in [0.15, 0.2) is 5.78 Å². The highest BCUT2D eigenvalue weighted by Crippen LogP contribution is 2.27. The lowest BCUT2D eigenvalue weighted by atomic mass is 10.1. The number of ketones is 1. The van der Waals surface area contributed by atoms with E-state index >= 15 is 0 Å². The van der Waals surface area contributed by atoms with Crippen molar-refractivity contribution < 1.29 is 23.9 Å². The molecule has 0 radical (unpaired) electrons. The average molecular weight is 268 g/mol. The van der Waals surface area contributed by atoms with Crippen molar-refractivity contribution in [2.45, 2.75) is 19.0 Å². The molecule has 102 valence electrons. The molecule has 1 fully saturated rings. The van der Waals surface area contributed by atoms with Gasteiger partial charge in [-0.3, -0.25) is 9.59 Å². The second kappa shape index (κ2) is 4.49. The van der Waals surface area contributed by atoms with Crippen LogP contribution in [0.1, 0.15) is 34.2 Å². The molecular weight excluding hydrogens is 255 g/mol. The summed E-state index contributed by atoms with van der Waals surface area (Å²) in [5.41, 5.74) is -1.88. The van der Waals surface area contributed by atoms with Gasteiger partial charge < -0.3 is 15.0 Å². The van der Waals surface area contributed by atoms with Crippen molar-refractivity contribution in [3.8, 4) is 0 Å². The molecule has 1 atom stereocenters. The van der Waals surface area contributed by atoms with Crippen LogP contribution in [0.2, 0.25) is 0 Å². The maximum absolute atomic E-state index is 13.8. The van der Waals surface area contributed by atoms with Crippen LogP contribution in [0, 0.1) is 0 Å². The highest BCUT2D eigenvalue weighted by atomic mass is 19.1. The quantitative estimate of drug-likeness (QED) is 0.795. The van der Waals surface area contributed by atoms with Crippen LogP contribution in [0.5, 0.6) is 0 Å². The van der Waals surface area contributed by atoms with Gasteiger partial charge in [0.1, 0.15) is 5.69 Å². The van der Waals surface area contributed by atoms with Crippen LogP contribution in [0.3, 0.4) is 0 Å². The summed E-state index contributed by atoms with van der Waals surface area (Å²) >= 11 is 0. The Labute approximate surface area is 108 Å². The Hall–Kier alpha value is -2.18. The Morgan fingerprint density at radius 2 is 2.16 bits per heavy atom. The van der Waals surface area contributed by atoms with Crippen molar-refractivity contribution in [2.75, 3.05) is 13.1 Å². The highest BCUT2D eigenvalue weighted by Gasteiger charge is 2.47. The summed E-state index contributed by atoms with van der Waals surface area (Å²) in [5, 5.41) is 8.75. The summed E-state index contributed by atoms with van der Waals surface area (Å²) in [6.07, 6.45) is 1.17. The minimum absolute atomic E-state index is 0.0378. The highest BCUT2D eigenvalue weighted by molar-refractivity contribution is 5.99. The van der Waals surface area contributed by atoms with E-state index in [1.54, 1.807) is 0 Å². The summed E-state index contributed by atoms with van der Waals surface area (Å²) in [6.45, 7) is 0.927. The smallest absolute Gasteiger partial charge is 0.343 e. The van der Waals surface area contributed by atoms with E-state index in [-0.39, 0.29) is 24.4 Å². The lowest BCUT2D eigenvalue weighted by Gasteiger charge is -2.16.